The zero-order chi connectivity index (χ0) is 14.5. The summed E-state index contributed by atoms with van der Waals surface area (Å²) < 4.78 is 24.8. The standard InChI is InChI=1S/C14H10ClNO3S/c1-16-13-4-2-9(8-17)6-11(13)12-7-10(20(15,18)19)3-5-14(12)16/h2-8H,1H3. The highest BCUT2D eigenvalue weighted by atomic mass is 35.7. The Balaban J connectivity index is 2.49. The second kappa shape index (κ2) is 4.33. The predicted octanol–water partition coefficient (Wildman–Crippen LogP) is 3.07. The van der Waals surface area contributed by atoms with Crippen molar-refractivity contribution in [2.75, 3.05) is 0 Å². The molecule has 2 aromatic carbocycles. The first-order valence-corrected chi connectivity index (χ1v) is 8.15. The molecule has 0 saturated heterocycles. The summed E-state index contributed by atoms with van der Waals surface area (Å²) in [6.45, 7) is 0. The summed E-state index contributed by atoms with van der Waals surface area (Å²) in [5, 5.41) is 1.59. The lowest BCUT2D eigenvalue weighted by Crippen LogP contribution is -1.91. The largest absolute Gasteiger partial charge is 0.344 e. The van der Waals surface area contributed by atoms with E-state index in [9.17, 15) is 13.2 Å². The maximum absolute atomic E-state index is 11.4. The first kappa shape index (κ1) is 13.1. The molecule has 0 radical (unpaired) electrons. The van der Waals surface area contributed by atoms with Gasteiger partial charge in [0.2, 0.25) is 0 Å². The Bertz CT molecular complexity index is 957. The van der Waals surface area contributed by atoms with E-state index in [1.54, 1.807) is 18.2 Å². The number of carbonyl (C=O) groups is 1. The van der Waals surface area contributed by atoms with Gasteiger partial charge in [-0.15, -0.1) is 0 Å². The molecular formula is C14H10ClNO3S. The highest BCUT2D eigenvalue weighted by Gasteiger charge is 2.14. The third-order valence-corrected chi connectivity index (χ3v) is 4.77. The molecule has 102 valence electrons. The molecule has 0 amide bonds. The number of aldehydes is 1. The van der Waals surface area contributed by atoms with E-state index in [2.05, 4.69) is 0 Å². The van der Waals surface area contributed by atoms with Gasteiger partial charge < -0.3 is 4.57 Å². The molecule has 1 aromatic heterocycles. The molecule has 3 rings (SSSR count). The highest BCUT2D eigenvalue weighted by molar-refractivity contribution is 8.13. The Morgan fingerprint density at radius 2 is 1.65 bits per heavy atom. The maximum Gasteiger partial charge on any atom is 0.261 e. The van der Waals surface area contributed by atoms with E-state index in [4.69, 9.17) is 10.7 Å². The smallest absolute Gasteiger partial charge is 0.261 e. The molecule has 0 unspecified atom stereocenters. The summed E-state index contributed by atoms with van der Waals surface area (Å²) in [5.74, 6) is 0. The third kappa shape index (κ3) is 1.90. The Morgan fingerprint density at radius 3 is 2.25 bits per heavy atom. The fourth-order valence-electron chi connectivity index (χ4n) is 2.44. The number of carbonyl (C=O) groups excluding carboxylic acids is 1. The van der Waals surface area contributed by atoms with E-state index < -0.39 is 9.05 Å². The van der Waals surface area contributed by atoms with Crippen molar-refractivity contribution in [3.8, 4) is 0 Å². The van der Waals surface area contributed by atoms with Gasteiger partial charge in [0.05, 0.1) is 4.90 Å². The number of aromatic nitrogens is 1. The molecule has 0 aliphatic rings. The number of hydrogen-bond acceptors (Lipinski definition) is 3. The molecule has 0 N–H and O–H groups in total. The average Bonchev–Trinajstić information content (AvgIpc) is 2.70. The van der Waals surface area contributed by atoms with Gasteiger partial charge in [0.25, 0.3) is 9.05 Å². The maximum atomic E-state index is 11.4. The van der Waals surface area contributed by atoms with Gasteiger partial charge >= 0.3 is 0 Å². The summed E-state index contributed by atoms with van der Waals surface area (Å²) in [7, 11) is 3.50. The monoisotopic (exact) mass is 307 g/mol. The molecule has 6 heteroatoms. The van der Waals surface area contributed by atoms with Crippen molar-refractivity contribution in [2.24, 2.45) is 7.05 Å². The molecule has 20 heavy (non-hydrogen) atoms. The Labute approximate surface area is 120 Å². The van der Waals surface area contributed by atoms with Crippen LogP contribution >= 0.6 is 10.7 Å². The molecule has 0 bridgehead atoms. The third-order valence-electron chi connectivity index (χ3n) is 3.42. The second-order valence-corrected chi connectivity index (χ2v) is 7.14. The second-order valence-electron chi connectivity index (χ2n) is 4.57. The van der Waals surface area contributed by atoms with Crippen molar-refractivity contribution < 1.29 is 13.2 Å². The van der Waals surface area contributed by atoms with Gasteiger partial charge in [0.15, 0.2) is 0 Å². The van der Waals surface area contributed by atoms with Gasteiger partial charge in [-0.3, -0.25) is 4.79 Å². The van der Waals surface area contributed by atoms with Crippen molar-refractivity contribution >= 4 is 47.8 Å². The van der Waals surface area contributed by atoms with Crippen LogP contribution in [0.3, 0.4) is 0 Å². The number of hydrogen-bond donors (Lipinski definition) is 0. The van der Waals surface area contributed by atoms with Crippen LogP contribution in [0.1, 0.15) is 10.4 Å². The minimum absolute atomic E-state index is 0.0515. The van der Waals surface area contributed by atoms with Crippen LogP contribution < -0.4 is 0 Å². The predicted molar refractivity (Wildman–Crippen MR) is 78.9 cm³/mol. The minimum Gasteiger partial charge on any atom is -0.344 e. The van der Waals surface area contributed by atoms with Crippen molar-refractivity contribution in [1.82, 2.24) is 4.57 Å². The molecule has 0 spiro atoms. The van der Waals surface area contributed by atoms with Gasteiger partial charge in [0.1, 0.15) is 6.29 Å². The van der Waals surface area contributed by atoms with Crippen molar-refractivity contribution in [3.05, 3.63) is 42.0 Å². The van der Waals surface area contributed by atoms with Crippen LogP contribution in [-0.2, 0) is 16.1 Å². The van der Waals surface area contributed by atoms with E-state index in [1.165, 1.54) is 12.1 Å². The van der Waals surface area contributed by atoms with E-state index >= 15 is 0 Å². The normalized spacial score (nSPS) is 12.1. The van der Waals surface area contributed by atoms with E-state index in [-0.39, 0.29) is 4.90 Å². The number of rotatable bonds is 2. The van der Waals surface area contributed by atoms with Crippen LogP contribution in [0.4, 0.5) is 0 Å². The molecule has 4 nitrogen and oxygen atoms in total. The number of benzene rings is 2. The fraction of sp³-hybridized carbons (Fsp3) is 0.0714. The molecule has 0 aliphatic carbocycles. The lowest BCUT2D eigenvalue weighted by molar-refractivity contribution is 0.112. The van der Waals surface area contributed by atoms with Gasteiger partial charge in [-0.05, 0) is 36.4 Å². The van der Waals surface area contributed by atoms with Gasteiger partial charge in [-0.1, -0.05) is 0 Å². The first-order chi connectivity index (χ1) is 9.41. The molecule has 0 aliphatic heterocycles. The minimum atomic E-state index is -3.78. The molecule has 1 heterocycles. The zero-order valence-corrected chi connectivity index (χ0v) is 12.1. The van der Waals surface area contributed by atoms with E-state index in [0.717, 1.165) is 28.1 Å². The lowest BCUT2D eigenvalue weighted by Gasteiger charge is -1.99. The van der Waals surface area contributed by atoms with Gasteiger partial charge in [0, 0.05) is 45.1 Å². The number of fused-ring (bicyclic) bond motifs is 3. The first-order valence-electron chi connectivity index (χ1n) is 5.84. The summed E-state index contributed by atoms with van der Waals surface area (Å²) in [4.78, 5) is 10.9. The molecule has 0 saturated carbocycles. The molecular weight excluding hydrogens is 298 g/mol. The summed E-state index contributed by atoms with van der Waals surface area (Å²) in [6.07, 6.45) is 0.764. The number of aryl methyl sites for hydroxylation is 1. The molecule has 0 fully saturated rings. The van der Waals surface area contributed by atoms with Crippen molar-refractivity contribution in [1.29, 1.82) is 0 Å². The van der Waals surface area contributed by atoms with Crippen LogP contribution in [0.2, 0.25) is 0 Å². The lowest BCUT2D eigenvalue weighted by atomic mass is 10.1. The van der Waals surface area contributed by atoms with Crippen molar-refractivity contribution in [2.45, 2.75) is 4.90 Å². The number of nitrogens with zero attached hydrogens (tertiary/aromatic N) is 1. The van der Waals surface area contributed by atoms with Crippen LogP contribution in [0.25, 0.3) is 21.8 Å². The average molecular weight is 308 g/mol. The molecule has 0 atom stereocenters. The van der Waals surface area contributed by atoms with Gasteiger partial charge in [-0.2, -0.15) is 0 Å². The zero-order valence-electron chi connectivity index (χ0n) is 10.5. The van der Waals surface area contributed by atoms with E-state index in [0.29, 0.717) is 5.56 Å². The number of halogens is 1. The fourth-order valence-corrected chi connectivity index (χ4v) is 3.22. The molecule has 3 aromatic rings. The van der Waals surface area contributed by atoms with Crippen LogP contribution in [-0.4, -0.2) is 19.3 Å². The van der Waals surface area contributed by atoms with Crippen LogP contribution in [0.5, 0.6) is 0 Å². The Morgan fingerprint density at radius 1 is 1.05 bits per heavy atom. The topological polar surface area (TPSA) is 56.1 Å². The SMILES string of the molecule is Cn1c2ccc(C=O)cc2c2cc(S(=O)(=O)Cl)ccc21. The van der Waals surface area contributed by atoms with Crippen LogP contribution in [0, 0.1) is 0 Å². The van der Waals surface area contributed by atoms with Crippen molar-refractivity contribution in [3.63, 3.8) is 0 Å². The highest BCUT2D eigenvalue weighted by Crippen LogP contribution is 2.31. The summed E-state index contributed by atoms with van der Waals surface area (Å²) >= 11 is 0. The van der Waals surface area contributed by atoms with Crippen LogP contribution in [0.15, 0.2) is 41.3 Å². The Kier molecular flexibility index (Phi) is 2.84. The summed E-state index contributed by atoms with van der Waals surface area (Å²) in [6, 6.07) is 10.0. The summed E-state index contributed by atoms with van der Waals surface area (Å²) in [5.41, 5.74) is 2.35. The Hall–Kier alpha value is -1.85. The quantitative estimate of drug-likeness (QED) is 0.540. The van der Waals surface area contributed by atoms with Gasteiger partial charge in [-0.25, -0.2) is 8.42 Å². The van der Waals surface area contributed by atoms with E-state index in [1.807, 2.05) is 17.7 Å².